The number of ether oxygens (including phenoxy) is 2. The van der Waals surface area contributed by atoms with Crippen LogP contribution in [0.25, 0.3) is 10.9 Å². The summed E-state index contributed by atoms with van der Waals surface area (Å²) < 4.78 is 12.7. The molecule has 2 amide bonds. The van der Waals surface area contributed by atoms with Crippen LogP contribution in [-0.2, 0) is 22.6 Å². The maximum atomic E-state index is 13.0. The second-order valence-electron chi connectivity index (χ2n) is 8.16. The first-order valence-corrected chi connectivity index (χ1v) is 11.1. The molecule has 0 fully saturated rings. The van der Waals surface area contributed by atoms with Crippen LogP contribution in [0.2, 0.25) is 0 Å². The Hall–Kier alpha value is -3.88. The van der Waals surface area contributed by atoms with E-state index < -0.39 is 11.8 Å². The highest BCUT2D eigenvalue weighted by atomic mass is 16.6. The van der Waals surface area contributed by atoms with Gasteiger partial charge in [-0.25, -0.2) is 4.98 Å². The summed E-state index contributed by atoms with van der Waals surface area (Å²) in [6.45, 7) is 1.59. The van der Waals surface area contributed by atoms with Crippen molar-refractivity contribution in [3.8, 4) is 11.5 Å². The van der Waals surface area contributed by atoms with E-state index in [1.165, 1.54) is 0 Å². The fourth-order valence-electron chi connectivity index (χ4n) is 4.17. The van der Waals surface area contributed by atoms with Crippen molar-refractivity contribution < 1.29 is 19.1 Å². The summed E-state index contributed by atoms with van der Waals surface area (Å²) in [6.07, 6.45) is 3.49. The molecule has 0 aliphatic carbocycles. The Bertz CT molecular complexity index is 1300. The van der Waals surface area contributed by atoms with Crippen molar-refractivity contribution in [2.45, 2.75) is 38.6 Å². The third kappa shape index (κ3) is 4.52. The smallest absolute Gasteiger partial charge is 0.261 e. The summed E-state index contributed by atoms with van der Waals surface area (Å²) in [5.74, 6) is 1.05. The zero-order chi connectivity index (χ0) is 22.8. The van der Waals surface area contributed by atoms with Gasteiger partial charge in [0.1, 0.15) is 25.5 Å². The number of nitrogens with one attached hydrogen (secondary N) is 2. The fraction of sp³-hybridized carbons (Fsp3) is 0.333. The minimum Gasteiger partial charge on any atom is -0.486 e. The molecule has 2 N–H and O–H groups in total. The molecule has 0 spiro atoms. The molecule has 0 unspecified atom stereocenters. The third-order valence-electron chi connectivity index (χ3n) is 5.75. The largest absolute Gasteiger partial charge is 0.486 e. The molecule has 9 heteroatoms. The van der Waals surface area contributed by atoms with E-state index in [1.807, 2.05) is 0 Å². The number of aromatic nitrogens is 2. The van der Waals surface area contributed by atoms with Gasteiger partial charge in [0.25, 0.3) is 5.56 Å². The van der Waals surface area contributed by atoms with Gasteiger partial charge >= 0.3 is 0 Å². The number of benzene rings is 2. The molecule has 0 atom stereocenters. The van der Waals surface area contributed by atoms with Crippen LogP contribution in [0.3, 0.4) is 0 Å². The van der Waals surface area contributed by atoms with E-state index in [1.54, 1.807) is 41.0 Å². The van der Waals surface area contributed by atoms with Crippen molar-refractivity contribution >= 4 is 34.1 Å². The van der Waals surface area contributed by atoms with Crippen LogP contribution in [0.4, 0.5) is 11.4 Å². The van der Waals surface area contributed by atoms with Gasteiger partial charge in [-0.1, -0.05) is 6.42 Å². The first-order chi connectivity index (χ1) is 16.1. The number of amides is 2. The van der Waals surface area contributed by atoms with Crippen molar-refractivity contribution in [2.75, 3.05) is 23.8 Å². The Balaban J connectivity index is 1.26. The van der Waals surface area contributed by atoms with Crippen LogP contribution in [-0.4, -0.2) is 34.6 Å². The van der Waals surface area contributed by atoms with Crippen LogP contribution < -0.4 is 25.7 Å². The lowest BCUT2D eigenvalue weighted by molar-refractivity contribution is -0.123. The van der Waals surface area contributed by atoms with Crippen LogP contribution in [0.5, 0.6) is 11.5 Å². The maximum Gasteiger partial charge on any atom is 0.261 e. The molecule has 2 aliphatic heterocycles. The number of carbonyl (C=O) groups is 2. The van der Waals surface area contributed by atoms with Crippen LogP contribution >= 0.6 is 0 Å². The highest BCUT2D eigenvalue weighted by Crippen LogP contribution is 2.32. The van der Waals surface area contributed by atoms with Crippen LogP contribution in [0.15, 0.2) is 41.2 Å². The van der Waals surface area contributed by atoms with Gasteiger partial charge in [-0.15, -0.1) is 0 Å². The molecule has 33 heavy (non-hydrogen) atoms. The van der Waals surface area contributed by atoms with Gasteiger partial charge in [-0.3, -0.25) is 19.0 Å². The number of nitrogens with zero attached hydrogens (tertiary/aromatic N) is 2. The number of anilines is 2. The van der Waals surface area contributed by atoms with Crippen molar-refractivity contribution in [2.24, 2.45) is 0 Å². The summed E-state index contributed by atoms with van der Waals surface area (Å²) in [7, 11) is 0. The standard InChI is InChI=1S/C24H24N4O5/c29-22(14-23(30)26-16-6-8-19-20(13-16)33-11-10-32-19)25-15-5-7-18-17(12-15)24(31)28-9-3-1-2-4-21(28)27-18/h5-8,12-13H,1-4,9-11,14H2,(H,25,29)(H,26,30). The molecule has 0 radical (unpaired) electrons. The van der Waals surface area contributed by atoms with E-state index in [9.17, 15) is 14.4 Å². The summed E-state index contributed by atoms with van der Waals surface area (Å²) in [4.78, 5) is 42.4. The number of carbonyl (C=O) groups excluding carboxylic acids is 2. The number of hydrogen-bond donors (Lipinski definition) is 2. The minimum atomic E-state index is -0.479. The van der Waals surface area contributed by atoms with Gasteiger partial charge in [-0.2, -0.15) is 0 Å². The lowest BCUT2D eigenvalue weighted by Crippen LogP contribution is -2.25. The van der Waals surface area contributed by atoms with Gasteiger partial charge < -0.3 is 20.1 Å². The normalized spacial score (nSPS) is 14.8. The summed E-state index contributed by atoms with van der Waals surface area (Å²) >= 11 is 0. The van der Waals surface area contributed by atoms with Crippen molar-refractivity contribution in [3.05, 3.63) is 52.6 Å². The lowest BCUT2D eigenvalue weighted by Gasteiger charge is -2.19. The predicted octanol–water partition coefficient (Wildman–Crippen LogP) is 2.86. The number of fused-ring (bicyclic) bond motifs is 3. The number of rotatable bonds is 4. The third-order valence-corrected chi connectivity index (χ3v) is 5.75. The number of aryl methyl sites for hydroxylation is 1. The molecule has 2 aliphatic rings. The monoisotopic (exact) mass is 448 g/mol. The second-order valence-corrected chi connectivity index (χ2v) is 8.16. The average molecular weight is 448 g/mol. The van der Waals surface area contributed by atoms with E-state index in [0.717, 1.165) is 31.5 Å². The van der Waals surface area contributed by atoms with Crippen molar-refractivity contribution in [3.63, 3.8) is 0 Å². The zero-order valence-corrected chi connectivity index (χ0v) is 18.1. The highest BCUT2D eigenvalue weighted by molar-refractivity contribution is 6.08. The average Bonchev–Trinajstić information content (AvgIpc) is 3.05. The number of hydrogen-bond acceptors (Lipinski definition) is 6. The molecule has 0 saturated heterocycles. The summed E-state index contributed by atoms with van der Waals surface area (Å²) in [6, 6.07) is 10.1. The molecule has 1 aromatic heterocycles. The lowest BCUT2D eigenvalue weighted by atomic mass is 10.2. The van der Waals surface area contributed by atoms with Crippen LogP contribution in [0, 0.1) is 0 Å². The van der Waals surface area contributed by atoms with E-state index >= 15 is 0 Å². The molecule has 3 aromatic rings. The van der Waals surface area contributed by atoms with E-state index in [0.29, 0.717) is 53.5 Å². The molecule has 2 aromatic carbocycles. The van der Waals surface area contributed by atoms with Gasteiger partial charge in [-0.05, 0) is 43.2 Å². The Morgan fingerprint density at radius 2 is 1.64 bits per heavy atom. The Morgan fingerprint density at radius 3 is 2.45 bits per heavy atom. The van der Waals surface area contributed by atoms with E-state index in [4.69, 9.17) is 9.47 Å². The Labute approximate surface area is 189 Å². The van der Waals surface area contributed by atoms with Gasteiger partial charge in [0.15, 0.2) is 11.5 Å². The molecule has 9 nitrogen and oxygen atoms in total. The quantitative estimate of drug-likeness (QED) is 0.594. The highest BCUT2D eigenvalue weighted by Gasteiger charge is 2.16. The zero-order valence-electron chi connectivity index (χ0n) is 18.1. The molecule has 3 heterocycles. The van der Waals surface area contributed by atoms with Crippen molar-refractivity contribution in [1.82, 2.24) is 9.55 Å². The molecular weight excluding hydrogens is 424 g/mol. The second kappa shape index (κ2) is 8.93. The molecule has 0 saturated carbocycles. The van der Waals surface area contributed by atoms with E-state index in [2.05, 4.69) is 15.6 Å². The fourth-order valence-corrected chi connectivity index (χ4v) is 4.17. The molecular formula is C24H24N4O5. The van der Waals surface area contributed by atoms with Gasteiger partial charge in [0.2, 0.25) is 11.8 Å². The first-order valence-electron chi connectivity index (χ1n) is 11.1. The van der Waals surface area contributed by atoms with Gasteiger partial charge in [0.05, 0.1) is 10.9 Å². The maximum absolute atomic E-state index is 13.0. The summed E-state index contributed by atoms with van der Waals surface area (Å²) in [5, 5.41) is 5.85. The van der Waals surface area contributed by atoms with Gasteiger partial charge in [0, 0.05) is 30.4 Å². The van der Waals surface area contributed by atoms with Crippen molar-refractivity contribution in [1.29, 1.82) is 0 Å². The molecule has 170 valence electrons. The SMILES string of the molecule is O=C(CC(=O)Nc1ccc2nc3n(c(=O)c2c1)CCCCC3)Nc1ccc2c(c1)OCCO2. The van der Waals surface area contributed by atoms with E-state index in [-0.39, 0.29) is 12.0 Å². The first kappa shape index (κ1) is 21.0. The molecule has 5 rings (SSSR count). The topological polar surface area (TPSA) is 112 Å². The predicted molar refractivity (Wildman–Crippen MR) is 123 cm³/mol. The Morgan fingerprint density at radius 1 is 0.909 bits per heavy atom. The summed E-state index contributed by atoms with van der Waals surface area (Å²) in [5.41, 5.74) is 1.49. The Kier molecular flexibility index (Phi) is 5.68. The molecule has 0 bridgehead atoms. The van der Waals surface area contributed by atoms with Crippen LogP contribution in [0.1, 0.15) is 31.5 Å². The minimum absolute atomic E-state index is 0.0932.